The number of carbonyl (C=O) groups is 2. The van der Waals surface area contributed by atoms with Crippen molar-refractivity contribution >= 4 is 39.3 Å². The van der Waals surface area contributed by atoms with Crippen molar-refractivity contribution in [3.05, 3.63) is 65.2 Å². The van der Waals surface area contributed by atoms with E-state index >= 15 is 0 Å². The van der Waals surface area contributed by atoms with Crippen LogP contribution in [0.5, 0.6) is 0 Å². The zero-order valence-corrected chi connectivity index (χ0v) is 22.6. The van der Waals surface area contributed by atoms with E-state index in [0.29, 0.717) is 17.1 Å². The number of benzene rings is 2. The Labute approximate surface area is 219 Å². The Morgan fingerprint density at radius 1 is 1.03 bits per heavy atom. The van der Waals surface area contributed by atoms with Crippen LogP contribution >= 0.6 is 11.6 Å². The van der Waals surface area contributed by atoms with Crippen molar-refractivity contribution in [2.24, 2.45) is 0 Å². The summed E-state index contributed by atoms with van der Waals surface area (Å²) in [6, 6.07) is 14.9. The highest BCUT2D eigenvalue weighted by Gasteiger charge is 2.34. The third-order valence-corrected chi connectivity index (χ3v) is 8.49. The molecule has 2 aromatic rings. The largest absolute Gasteiger partial charge is 0.352 e. The molecule has 0 saturated heterocycles. The number of nitrogens with one attached hydrogen (secondary N) is 1. The van der Waals surface area contributed by atoms with Crippen molar-refractivity contribution in [1.82, 2.24) is 14.5 Å². The number of rotatable bonds is 11. The van der Waals surface area contributed by atoms with Gasteiger partial charge >= 0.3 is 10.2 Å². The van der Waals surface area contributed by atoms with Gasteiger partial charge in [0.25, 0.3) is 0 Å². The highest BCUT2D eigenvalue weighted by Crippen LogP contribution is 2.22. The summed E-state index contributed by atoms with van der Waals surface area (Å²) in [5, 5.41) is 3.66. The molecular weight excluding hydrogens is 500 g/mol. The Balaban J connectivity index is 1.94. The molecule has 10 heteroatoms. The second-order valence-corrected chi connectivity index (χ2v) is 11.7. The summed E-state index contributed by atoms with van der Waals surface area (Å²) in [5.74, 6) is -0.680. The van der Waals surface area contributed by atoms with E-state index in [0.717, 1.165) is 39.9 Å². The zero-order chi connectivity index (χ0) is 26.3. The molecule has 1 saturated carbocycles. The Bertz CT molecular complexity index is 1120. The van der Waals surface area contributed by atoms with E-state index in [1.54, 1.807) is 54.6 Å². The molecule has 3 rings (SSSR count). The normalized spacial score (nSPS) is 15.0. The maximum absolute atomic E-state index is 13.8. The van der Waals surface area contributed by atoms with E-state index in [4.69, 9.17) is 11.6 Å². The molecular formula is C26H35ClN4O4S. The molecule has 0 heterocycles. The Kier molecular flexibility index (Phi) is 9.76. The third kappa shape index (κ3) is 6.99. The first kappa shape index (κ1) is 28.0. The lowest BCUT2D eigenvalue weighted by Crippen LogP contribution is -2.54. The van der Waals surface area contributed by atoms with Crippen LogP contribution in [0.3, 0.4) is 0 Å². The molecule has 0 unspecified atom stereocenters. The SMILES string of the molecule is CC[C@@H](C(=O)NC1CCCC1)N(Cc1ccc(Cl)cc1)C(=O)CN(c1ccccc1)S(=O)(=O)N(C)C. The van der Waals surface area contributed by atoms with Gasteiger partial charge in [0, 0.05) is 31.7 Å². The van der Waals surface area contributed by atoms with Crippen molar-refractivity contribution in [2.75, 3.05) is 24.9 Å². The second kappa shape index (κ2) is 12.6. The van der Waals surface area contributed by atoms with Gasteiger partial charge in [-0.2, -0.15) is 12.7 Å². The second-order valence-electron chi connectivity index (χ2n) is 9.19. The molecule has 36 heavy (non-hydrogen) atoms. The van der Waals surface area contributed by atoms with Gasteiger partial charge in [-0.05, 0) is 49.1 Å². The van der Waals surface area contributed by atoms with Crippen LogP contribution in [0.25, 0.3) is 0 Å². The van der Waals surface area contributed by atoms with Crippen LogP contribution in [0.15, 0.2) is 54.6 Å². The number of hydrogen-bond donors (Lipinski definition) is 1. The molecule has 0 radical (unpaired) electrons. The number of para-hydroxylation sites is 1. The summed E-state index contributed by atoms with van der Waals surface area (Å²) in [6.45, 7) is 1.56. The predicted octanol–water partition coefficient (Wildman–Crippen LogP) is 3.82. The van der Waals surface area contributed by atoms with Crippen molar-refractivity contribution < 1.29 is 18.0 Å². The van der Waals surface area contributed by atoms with Crippen LogP contribution < -0.4 is 9.62 Å². The van der Waals surface area contributed by atoms with Crippen molar-refractivity contribution in [1.29, 1.82) is 0 Å². The number of anilines is 1. The monoisotopic (exact) mass is 534 g/mol. The standard InChI is InChI=1S/C26H35ClN4O4S/c1-4-24(26(33)28-22-10-8-9-11-22)30(18-20-14-16-21(27)17-15-20)25(32)19-31(36(34,35)29(2)3)23-12-6-5-7-13-23/h5-7,12-17,22,24H,4,8-11,18-19H2,1-3H3,(H,28,33)/t24-/m0/s1. The molecule has 1 aliphatic rings. The van der Waals surface area contributed by atoms with Gasteiger partial charge in [0.2, 0.25) is 11.8 Å². The summed E-state index contributed by atoms with van der Waals surface area (Å²) < 4.78 is 28.5. The number of halogens is 1. The summed E-state index contributed by atoms with van der Waals surface area (Å²) in [6.07, 6.45) is 4.39. The summed E-state index contributed by atoms with van der Waals surface area (Å²) >= 11 is 6.04. The molecule has 1 atom stereocenters. The summed E-state index contributed by atoms with van der Waals surface area (Å²) in [5.41, 5.74) is 1.16. The minimum Gasteiger partial charge on any atom is -0.352 e. The van der Waals surface area contributed by atoms with E-state index in [-0.39, 0.29) is 18.5 Å². The fraction of sp³-hybridized carbons (Fsp3) is 0.462. The van der Waals surface area contributed by atoms with E-state index in [2.05, 4.69) is 5.32 Å². The quantitative estimate of drug-likeness (QED) is 0.474. The van der Waals surface area contributed by atoms with Crippen LogP contribution in [-0.4, -0.2) is 62.2 Å². The van der Waals surface area contributed by atoms with Gasteiger partial charge in [-0.1, -0.05) is 61.7 Å². The molecule has 8 nitrogen and oxygen atoms in total. The molecule has 2 amide bonds. The minimum absolute atomic E-state index is 0.106. The van der Waals surface area contributed by atoms with Crippen molar-refractivity contribution in [3.8, 4) is 0 Å². The molecule has 196 valence electrons. The average Bonchev–Trinajstić information content (AvgIpc) is 3.36. The fourth-order valence-corrected chi connectivity index (χ4v) is 5.57. The first-order valence-corrected chi connectivity index (χ1v) is 14.0. The number of hydrogen-bond acceptors (Lipinski definition) is 4. The molecule has 0 aromatic heterocycles. The highest BCUT2D eigenvalue weighted by atomic mass is 35.5. The molecule has 2 aromatic carbocycles. The van der Waals surface area contributed by atoms with Gasteiger partial charge in [0.05, 0.1) is 5.69 Å². The maximum Gasteiger partial charge on any atom is 0.304 e. The van der Waals surface area contributed by atoms with Gasteiger partial charge in [-0.25, -0.2) is 4.31 Å². The van der Waals surface area contributed by atoms with Crippen molar-refractivity contribution in [2.45, 2.75) is 57.7 Å². The number of amides is 2. The topological polar surface area (TPSA) is 90.0 Å². The molecule has 1 N–H and O–H groups in total. The van der Waals surface area contributed by atoms with E-state index in [1.807, 2.05) is 6.92 Å². The molecule has 0 spiro atoms. The first-order chi connectivity index (χ1) is 17.1. The number of nitrogens with zero attached hydrogens (tertiary/aromatic N) is 3. The van der Waals surface area contributed by atoms with Gasteiger partial charge in [0.1, 0.15) is 12.6 Å². The summed E-state index contributed by atoms with van der Waals surface area (Å²) in [7, 11) is -1.13. The molecule has 0 bridgehead atoms. The fourth-order valence-electron chi connectivity index (χ4n) is 4.38. The Hall–Kier alpha value is -2.62. The lowest BCUT2D eigenvalue weighted by Gasteiger charge is -2.34. The number of carbonyl (C=O) groups excluding carboxylic acids is 2. The average molecular weight is 535 g/mol. The van der Waals surface area contributed by atoms with Crippen LogP contribution in [0.4, 0.5) is 5.69 Å². The van der Waals surface area contributed by atoms with Gasteiger partial charge in [-0.15, -0.1) is 0 Å². The van der Waals surface area contributed by atoms with Gasteiger partial charge in [0.15, 0.2) is 0 Å². The van der Waals surface area contributed by atoms with E-state index in [9.17, 15) is 18.0 Å². The first-order valence-electron chi connectivity index (χ1n) is 12.2. The van der Waals surface area contributed by atoms with E-state index < -0.39 is 28.7 Å². The Morgan fingerprint density at radius 2 is 1.64 bits per heavy atom. The maximum atomic E-state index is 13.8. The molecule has 1 fully saturated rings. The van der Waals surface area contributed by atoms with Crippen LogP contribution in [0.1, 0.15) is 44.6 Å². The van der Waals surface area contributed by atoms with Gasteiger partial charge in [-0.3, -0.25) is 9.59 Å². The van der Waals surface area contributed by atoms with E-state index in [1.165, 1.54) is 19.0 Å². The summed E-state index contributed by atoms with van der Waals surface area (Å²) in [4.78, 5) is 28.6. The van der Waals surface area contributed by atoms with Crippen molar-refractivity contribution in [3.63, 3.8) is 0 Å². The minimum atomic E-state index is -3.97. The highest BCUT2D eigenvalue weighted by molar-refractivity contribution is 7.90. The van der Waals surface area contributed by atoms with Crippen LogP contribution in [0, 0.1) is 0 Å². The Morgan fingerprint density at radius 3 is 2.19 bits per heavy atom. The van der Waals surface area contributed by atoms with Crippen LogP contribution in [0.2, 0.25) is 5.02 Å². The molecule has 1 aliphatic carbocycles. The zero-order valence-electron chi connectivity index (χ0n) is 21.1. The van der Waals surface area contributed by atoms with Crippen LogP contribution in [-0.2, 0) is 26.3 Å². The van der Waals surface area contributed by atoms with Gasteiger partial charge < -0.3 is 10.2 Å². The third-order valence-electron chi connectivity index (χ3n) is 6.42. The lowest BCUT2D eigenvalue weighted by atomic mass is 10.1. The lowest BCUT2D eigenvalue weighted by molar-refractivity contribution is -0.140. The smallest absolute Gasteiger partial charge is 0.304 e. The predicted molar refractivity (Wildman–Crippen MR) is 143 cm³/mol. The molecule has 0 aliphatic heterocycles.